The molecule has 3 atom stereocenters. The molecule has 0 spiro atoms. The molecular formula is C14H26N2O2S. The van der Waals surface area contributed by atoms with Gasteiger partial charge in [0.2, 0.25) is 11.8 Å². The molecule has 0 aromatic carbocycles. The fourth-order valence-electron chi connectivity index (χ4n) is 2.78. The van der Waals surface area contributed by atoms with E-state index in [0.717, 1.165) is 18.3 Å². The highest BCUT2D eigenvalue weighted by Crippen LogP contribution is 2.30. The average Bonchev–Trinajstić information content (AvgIpc) is 2.35. The number of hydrogen-bond acceptors (Lipinski definition) is 3. The van der Waals surface area contributed by atoms with Crippen molar-refractivity contribution >= 4 is 24.4 Å². The van der Waals surface area contributed by atoms with Crippen LogP contribution in [0, 0.1) is 11.8 Å². The van der Waals surface area contributed by atoms with Crippen molar-refractivity contribution in [3.05, 3.63) is 0 Å². The highest BCUT2D eigenvalue weighted by molar-refractivity contribution is 7.80. The lowest BCUT2D eigenvalue weighted by molar-refractivity contribution is -0.127. The van der Waals surface area contributed by atoms with Crippen LogP contribution >= 0.6 is 12.6 Å². The molecule has 19 heavy (non-hydrogen) atoms. The van der Waals surface area contributed by atoms with Gasteiger partial charge in [-0.05, 0) is 24.7 Å². The van der Waals surface area contributed by atoms with Gasteiger partial charge in [0.05, 0.1) is 0 Å². The van der Waals surface area contributed by atoms with Crippen LogP contribution in [0.25, 0.3) is 0 Å². The first-order chi connectivity index (χ1) is 9.02. The first kappa shape index (κ1) is 16.3. The van der Waals surface area contributed by atoms with Gasteiger partial charge in [-0.2, -0.15) is 12.6 Å². The number of carbonyl (C=O) groups excluding carboxylic acids is 2. The van der Waals surface area contributed by atoms with Crippen molar-refractivity contribution in [2.24, 2.45) is 11.8 Å². The first-order valence-corrected chi connectivity index (χ1v) is 7.81. The number of amides is 2. The summed E-state index contributed by atoms with van der Waals surface area (Å²) in [6.45, 7) is 4.41. The Hall–Kier alpha value is -0.710. The van der Waals surface area contributed by atoms with Crippen LogP contribution in [0.15, 0.2) is 0 Å². The van der Waals surface area contributed by atoms with Crippen LogP contribution < -0.4 is 10.6 Å². The highest BCUT2D eigenvalue weighted by Gasteiger charge is 2.20. The molecule has 1 fully saturated rings. The normalized spacial score (nSPS) is 24.6. The second-order valence-electron chi connectivity index (χ2n) is 5.65. The topological polar surface area (TPSA) is 58.2 Å². The molecule has 1 aliphatic carbocycles. The van der Waals surface area contributed by atoms with Crippen LogP contribution in [0.3, 0.4) is 0 Å². The van der Waals surface area contributed by atoms with Gasteiger partial charge in [0.25, 0.3) is 0 Å². The van der Waals surface area contributed by atoms with E-state index in [4.69, 9.17) is 0 Å². The lowest BCUT2D eigenvalue weighted by Crippen LogP contribution is -2.47. The van der Waals surface area contributed by atoms with Gasteiger partial charge in [-0.15, -0.1) is 0 Å². The predicted octanol–water partition coefficient (Wildman–Crippen LogP) is 1.75. The monoisotopic (exact) mass is 286 g/mol. The lowest BCUT2D eigenvalue weighted by Gasteiger charge is -2.26. The quantitative estimate of drug-likeness (QED) is 0.652. The summed E-state index contributed by atoms with van der Waals surface area (Å²) in [5.41, 5.74) is 0. The van der Waals surface area contributed by atoms with Crippen LogP contribution in [-0.4, -0.2) is 30.2 Å². The molecule has 110 valence electrons. The second-order valence-corrected chi connectivity index (χ2v) is 6.02. The summed E-state index contributed by atoms with van der Waals surface area (Å²) >= 11 is 4.09. The maximum atomic E-state index is 11.8. The standard InChI is InChI=1S/C14H26N2O2S/c1-10-4-3-5-12(8-10)6-7-15-14(18)13(9-19)16-11(2)17/h10,12-13,19H,3-9H2,1-2H3,(H,15,18)(H,16,17). The first-order valence-electron chi connectivity index (χ1n) is 7.18. The second kappa shape index (κ2) is 8.46. The number of hydrogen-bond donors (Lipinski definition) is 3. The Morgan fingerprint density at radius 3 is 2.68 bits per heavy atom. The summed E-state index contributed by atoms with van der Waals surface area (Å²) in [5.74, 6) is 1.55. The van der Waals surface area contributed by atoms with E-state index in [2.05, 4.69) is 30.2 Å². The van der Waals surface area contributed by atoms with Gasteiger partial charge in [-0.1, -0.05) is 26.2 Å². The zero-order chi connectivity index (χ0) is 14.3. The largest absolute Gasteiger partial charge is 0.354 e. The smallest absolute Gasteiger partial charge is 0.243 e. The van der Waals surface area contributed by atoms with E-state index in [1.165, 1.54) is 32.6 Å². The SMILES string of the molecule is CC(=O)NC(CS)C(=O)NCCC1CCCC(C)C1. The minimum Gasteiger partial charge on any atom is -0.354 e. The molecule has 1 saturated carbocycles. The molecule has 0 bridgehead atoms. The summed E-state index contributed by atoms with van der Waals surface area (Å²) < 4.78 is 0. The summed E-state index contributed by atoms with van der Waals surface area (Å²) in [5, 5.41) is 5.50. The van der Waals surface area contributed by atoms with Gasteiger partial charge in [-0.25, -0.2) is 0 Å². The van der Waals surface area contributed by atoms with Gasteiger partial charge in [0.15, 0.2) is 0 Å². The van der Waals surface area contributed by atoms with Crippen molar-refractivity contribution in [3.63, 3.8) is 0 Å². The van der Waals surface area contributed by atoms with E-state index < -0.39 is 6.04 Å². The van der Waals surface area contributed by atoms with Gasteiger partial charge in [-0.3, -0.25) is 9.59 Å². The van der Waals surface area contributed by atoms with Crippen LogP contribution in [0.4, 0.5) is 0 Å². The third-order valence-corrected chi connectivity index (χ3v) is 4.14. The molecular weight excluding hydrogens is 260 g/mol. The number of thiol groups is 1. The maximum absolute atomic E-state index is 11.8. The third kappa shape index (κ3) is 6.32. The average molecular weight is 286 g/mol. The number of nitrogens with one attached hydrogen (secondary N) is 2. The fraction of sp³-hybridized carbons (Fsp3) is 0.857. The zero-order valence-electron chi connectivity index (χ0n) is 11.9. The van der Waals surface area contributed by atoms with E-state index >= 15 is 0 Å². The molecule has 0 aromatic rings. The number of carbonyl (C=O) groups is 2. The maximum Gasteiger partial charge on any atom is 0.243 e. The van der Waals surface area contributed by atoms with Crippen molar-refractivity contribution < 1.29 is 9.59 Å². The van der Waals surface area contributed by atoms with Crippen LogP contribution in [0.5, 0.6) is 0 Å². The summed E-state index contributed by atoms with van der Waals surface area (Å²) in [6.07, 6.45) is 6.24. The molecule has 0 heterocycles. The van der Waals surface area contributed by atoms with Gasteiger partial charge < -0.3 is 10.6 Å². The Bertz CT molecular complexity index is 310. The van der Waals surface area contributed by atoms with Crippen molar-refractivity contribution in [2.45, 2.75) is 52.0 Å². The lowest BCUT2D eigenvalue weighted by atomic mass is 9.81. The molecule has 4 nitrogen and oxygen atoms in total. The Labute approximate surface area is 121 Å². The minimum atomic E-state index is -0.522. The third-order valence-electron chi connectivity index (χ3n) is 3.77. The molecule has 0 radical (unpaired) electrons. The van der Waals surface area contributed by atoms with Crippen LogP contribution in [0.1, 0.15) is 46.0 Å². The van der Waals surface area contributed by atoms with Crippen molar-refractivity contribution in [2.75, 3.05) is 12.3 Å². The van der Waals surface area contributed by atoms with Gasteiger partial charge in [0.1, 0.15) is 6.04 Å². The molecule has 0 aromatic heterocycles. The molecule has 5 heteroatoms. The van der Waals surface area contributed by atoms with Crippen molar-refractivity contribution in [3.8, 4) is 0 Å². The Morgan fingerprint density at radius 2 is 2.11 bits per heavy atom. The minimum absolute atomic E-state index is 0.131. The van der Waals surface area contributed by atoms with Crippen molar-refractivity contribution in [1.29, 1.82) is 0 Å². The van der Waals surface area contributed by atoms with Gasteiger partial charge in [0, 0.05) is 19.2 Å². The van der Waals surface area contributed by atoms with E-state index in [9.17, 15) is 9.59 Å². The molecule has 1 aliphatic rings. The van der Waals surface area contributed by atoms with Crippen LogP contribution in [-0.2, 0) is 9.59 Å². The summed E-state index contributed by atoms with van der Waals surface area (Å²) in [4.78, 5) is 22.8. The van der Waals surface area contributed by atoms with E-state index in [1.54, 1.807) is 0 Å². The van der Waals surface area contributed by atoms with Gasteiger partial charge >= 0.3 is 0 Å². The molecule has 2 amide bonds. The Kier molecular flexibility index (Phi) is 7.28. The Morgan fingerprint density at radius 1 is 1.37 bits per heavy atom. The predicted molar refractivity (Wildman–Crippen MR) is 80.2 cm³/mol. The Balaban J connectivity index is 2.23. The molecule has 0 aliphatic heterocycles. The highest BCUT2D eigenvalue weighted by atomic mass is 32.1. The number of rotatable bonds is 6. The fourth-order valence-corrected chi connectivity index (χ4v) is 3.04. The van der Waals surface area contributed by atoms with Crippen molar-refractivity contribution in [1.82, 2.24) is 10.6 Å². The summed E-state index contributed by atoms with van der Waals surface area (Å²) in [6, 6.07) is -0.522. The molecule has 1 rings (SSSR count). The van der Waals surface area contributed by atoms with E-state index in [0.29, 0.717) is 12.3 Å². The van der Waals surface area contributed by atoms with Crippen LogP contribution in [0.2, 0.25) is 0 Å². The summed E-state index contributed by atoms with van der Waals surface area (Å²) in [7, 11) is 0. The van der Waals surface area contributed by atoms with E-state index in [-0.39, 0.29) is 11.8 Å². The van der Waals surface area contributed by atoms with E-state index in [1.807, 2.05) is 0 Å². The molecule has 3 unspecified atom stereocenters. The molecule has 2 N–H and O–H groups in total. The zero-order valence-corrected chi connectivity index (χ0v) is 12.8. The molecule has 0 saturated heterocycles.